The number of para-hydroxylation sites is 2. The van der Waals surface area contributed by atoms with Crippen molar-refractivity contribution in [3.05, 3.63) is 71.7 Å². The van der Waals surface area contributed by atoms with E-state index in [1.54, 1.807) is 0 Å². The first kappa shape index (κ1) is 23.7. The molecule has 0 bridgehead atoms. The SMILES string of the molecule is Cc1ccc(Oc2ccccc2NC(=O)CN2CCN(c3cc(C)nc(C(C)C)n3)CC2)cc1. The summed E-state index contributed by atoms with van der Waals surface area (Å²) in [6.45, 7) is 11.9. The zero-order valence-corrected chi connectivity index (χ0v) is 20.4. The summed E-state index contributed by atoms with van der Waals surface area (Å²) >= 11 is 0. The molecule has 1 aromatic heterocycles. The molecular formula is C27H33N5O2. The van der Waals surface area contributed by atoms with Gasteiger partial charge in [0, 0.05) is 43.9 Å². The van der Waals surface area contributed by atoms with Crippen LogP contribution in [0.15, 0.2) is 54.6 Å². The summed E-state index contributed by atoms with van der Waals surface area (Å²) < 4.78 is 6.01. The number of anilines is 2. The molecule has 0 radical (unpaired) electrons. The van der Waals surface area contributed by atoms with Crippen molar-refractivity contribution < 1.29 is 9.53 Å². The molecule has 7 nitrogen and oxygen atoms in total. The van der Waals surface area contributed by atoms with E-state index in [2.05, 4.69) is 33.9 Å². The van der Waals surface area contributed by atoms with Crippen molar-refractivity contribution in [3.8, 4) is 11.5 Å². The maximum Gasteiger partial charge on any atom is 0.238 e. The fourth-order valence-corrected chi connectivity index (χ4v) is 3.91. The van der Waals surface area contributed by atoms with Gasteiger partial charge in [-0.3, -0.25) is 9.69 Å². The molecule has 1 saturated heterocycles. The summed E-state index contributed by atoms with van der Waals surface area (Å²) in [4.78, 5) is 26.6. The van der Waals surface area contributed by atoms with Gasteiger partial charge in [0.1, 0.15) is 17.4 Å². The number of ether oxygens (including phenoxy) is 1. The van der Waals surface area contributed by atoms with Gasteiger partial charge in [0.05, 0.1) is 12.2 Å². The van der Waals surface area contributed by atoms with Crippen molar-refractivity contribution in [1.29, 1.82) is 0 Å². The number of benzene rings is 2. The Morgan fingerprint density at radius 3 is 2.41 bits per heavy atom. The Bertz CT molecular complexity index is 1120. The number of carbonyl (C=O) groups is 1. The molecule has 3 aromatic rings. The maximum absolute atomic E-state index is 12.8. The molecule has 2 heterocycles. The lowest BCUT2D eigenvalue weighted by Gasteiger charge is -2.35. The number of amides is 1. The molecule has 0 aliphatic carbocycles. The van der Waals surface area contributed by atoms with E-state index in [9.17, 15) is 4.79 Å². The molecule has 1 aliphatic rings. The minimum atomic E-state index is -0.0478. The van der Waals surface area contributed by atoms with E-state index in [0.717, 1.165) is 49.3 Å². The van der Waals surface area contributed by atoms with Crippen LogP contribution in [-0.4, -0.2) is 53.5 Å². The Labute approximate surface area is 201 Å². The molecule has 0 spiro atoms. The fourth-order valence-electron chi connectivity index (χ4n) is 3.91. The Morgan fingerprint density at radius 2 is 1.71 bits per heavy atom. The number of nitrogens with zero attached hydrogens (tertiary/aromatic N) is 4. The molecule has 1 aliphatic heterocycles. The topological polar surface area (TPSA) is 70.6 Å². The Hall–Kier alpha value is -3.45. The van der Waals surface area contributed by atoms with E-state index < -0.39 is 0 Å². The molecule has 0 atom stereocenters. The van der Waals surface area contributed by atoms with Gasteiger partial charge in [0.15, 0.2) is 5.75 Å². The summed E-state index contributed by atoms with van der Waals surface area (Å²) in [5, 5.41) is 3.02. The summed E-state index contributed by atoms with van der Waals surface area (Å²) in [5.41, 5.74) is 2.83. The summed E-state index contributed by atoms with van der Waals surface area (Å²) in [6.07, 6.45) is 0. The standard InChI is InChI=1S/C27H33N5O2/c1-19(2)27-28-21(4)17-25(30-27)32-15-13-31(14-16-32)18-26(33)29-23-7-5-6-8-24(23)34-22-11-9-20(3)10-12-22/h5-12,17,19H,13-16,18H2,1-4H3,(H,29,33). The fraction of sp³-hybridized carbons (Fsp3) is 0.370. The van der Waals surface area contributed by atoms with Crippen molar-refractivity contribution in [2.75, 3.05) is 42.9 Å². The van der Waals surface area contributed by atoms with Crippen LogP contribution in [0.25, 0.3) is 0 Å². The van der Waals surface area contributed by atoms with Gasteiger partial charge < -0.3 is 15.0 Å². The zero-order valence-electron chi connectivity index (χ0n) is 20.4. The molecule has 7 heteroatoms. The molecule has 34 heavy (non-hydrogen) atoms. The van der Waals surface area contributed by atoms with E-state index >= 15 is 0 Å². The Balaban J connectivity index is 1.33. The number of aromatic nitrogens is 2. The third-order valence-electron chi connectivity index (χ3n) is 5.85. The second-order valence-corrected chi connectivity index (χ2v) is 9.10. The van der Waals surface area contributed by atoms with Crippen LogP contribution in [0.1, 0.15) is 36.8 Å². The quantitative estimate of drug-likeness (QED) is 0.549. The first-order chi connectivity index (χ1) is 16.4. The molecule has 178 valence electrons. The number of piperazine rings is 1. The van der Waals surface area contributed by atoms with E-state index in [1.807, 2.05) is 68.4 Å². The third kappa shape index (κ3) is 6.11. The van der Waals surface area contributed by atoms with Gasteiger partial charge in [-0.1, -0.05) is 43.7 Å². The first-order valence-corrected chi connectivity index (χ1v) is 11.8. The van der Waals surface area contributed by atoms with E-state index in [0.29, 0.717) is 23.9 Å². The van der Waals surface area contributed by atoms with Crippen molar-refractivity contribution in [2.45, 2.75) is 33.6 Å². The number of carbonyl (C=O) groups excluding carboxylic acids is 1. The summed E-state index contributed by atoms with van der Waals surface area (Å²) in [7, 11) is 0. The molecule has 1 N–H and O–H groups in total. The van der Waals surface area contributed by atoms with Crippen molar-refractivity contribution in [2.24, 2.45) is 0 Å². The van der Waals surface area contributed by atoms with Gasteiger partial charge in [-0.15, -0.1) is 0 Å². The van der Waals surface area contributed by atoms with Crippen molar-refractivity contribution in [1.82, 2.24) is 14.9 Å². The zero-order chi connectivity index (χ0) is 24.1. The van der Waals surface area contributed by atoms with Gasteiger partial charge in [0.25, 0.3) is 0 Å². The number of hydrogen-bond donors (Lipinski definition) is 1. The molecule has 4 rings (SSSR count). The minimum Gasteiger partial charge on any atom is -0.455 e. The molecule has 0 unspecified atom stereocenters. The van der Waals surface area contributed by atoms with Gasteiger partial charge in [-0.05, 0) is 38.1 Å². The van der Waals surface area contributed by atoms with Gasteiger partial charge in [0.2, 0.25) is 5.91 Å². The average molecular weight is 460 g/mol. The van der Waals surface area contributed by atoms with Crippen LogP contribution in [0.2, 0.25) is 0 Å². The van der Waals surface area contributed by atoms with Crippen LogP contribution in [0.3, 0.4) is 0 Å². The number of aryl methyl sites for hydroxylation is 2. The average Bonchev–Trinajstić information content (AvgIpc) is 2.82. The van der Waals surface area contributed by atoms with E-state index in [4.69, 9.17) is 9.72 Å². The second-order valence-electron chi connectivity index (χ2n) is 9.10. The predicted octanol–water partition coefficient (Wildman–Crippen LogP) is 4.77. The molecule has 1 fully saturated rings. The monoisotopic (exact) mass is 459 g/mol. The highest BCUT2D eigenvalue weighted by atomic mass is 16.5. The number of hydrogen-bond acceptors (Lipinski definition) is 6. The highest BCUT2D eigenvalue weighted by Gasteiger charge is 2.21. The van der Waals surface area contributed by atoms with Crippen LogP contribution in [0.4, 0.5) is 11.5 Å². The lowest BCUT2D eigenvalue weighted by atomic mass is 10.2. The number of nitrogens with one attached hydrogen (secondary N) is 1. The maximum atomic E-state index is 12.8. The molecule has 2 aromatic carbocycles. The Kier molecular flexibility index (Phi) is 7.43. The summed E-state index contributed by atoms with van der Waals surface area (Å²) in [5.74, 6) is 3.47. The van der Waals surface area contributed by atoms with Gasteiger partial charge in [-0.2, -0.15) is 0 Å². The van der Waals surface area contributed by atoms with Crippen LogP contribution < -0.4 is 15.0 Å². The second kappa shape index (κ2) is 10.7. The largest absolute Gasteiger partial charge is 0.455 e. The van der Waals surface area contributed by atoms with Gasteiger partial charge in [-0.25, -0.2) is 9.97 Å². The lowest BCUT2D eigenvalue weighted by Crippen LogP contribution is -2.49. The lowest BCUT2D eigenvalue weighted by molar-refractivity contribution is -0.117. The highest BCUT2D eigenvalue weighted by molar-refractivity contribution is 5.93. The van der Waals surface area contributed by atoms with Gasteiger partial charge >= 0.3 is 0 Å². The normalized spacial score (nSPS) is 14.3. The third-order valence-corrected chi connectivity index (χ3v) is 5.85. The first-order valence-electron chi connectivity index (χ1n) is 11.8. The van der Waals surface area contributed by atoms with Crippen molar-refractivity contribution >= 4 is 17.4 Å². The van der Waals surface area contributed by atoms with Crippen molar-refractivity contribution in [3.63, 3.8) is 0 Å². The predicted molar refractivity (Wildman–Crippen MR) is 136 cm³/mol. The van der Waals surface area contributed by atoms with Crippen LogP contribution >= 0.6 is 0 Å². The Morgan fingerprint density at radius 1 is 1.00 bits per heavy atom. The highest BCUT2D eigenvalue weighted by Crippen LogP contribution is 2.29. The molecule has 1 amide bonds. The van der Waals surface area contributed by atoms with Crippen LogP contribution in [0, 0.1) is 13.8 Å². The minimum absolute atomic E-state index is 0.0478. The van der Waals surface area contributed by atoms with Crippen LogP contribution in [0.5, 0.6) is 11.5 Å². The van der Waals surface area contributed by atoms with Crippen LogP contribution in [-0.2, 0) is 4.79 Å². The molecule has 0 saturated carbocycles. The number of rotatable bonds is 7. The summed E-state index contributed by atoms with van der Waals surface area (Å²) in [6, 6.07) is 17.4. The molecular weight excluding hydrogens is 426 g/mol. The van der Waals surface area contributed by atoms with E-state index in [1.165, 1.54) is 5.56 Å². The smallest absolute Gasteiger partial charge is 0.238 e. The van der Waals surface area contributed by atoms with E-state index in [-0.39, 0.29) is 5.91 Å².